The second kappa shape index (κ2) is 6.23. The average molecular weight is 235 g/mol. The van der Waals surface area contributed by atoms with Gasteiger partial charge in [-0.25, -0.2) is 4.79 Å². The van der Waals surface area contributed by atoms with Crippen molar-refractivity contribution >= 4 is 17.9 Å². The third-order valence-electron chi connectivity index (χ3n) is 1.74. The van der Waals surface area contributed by atoms with Crippen molar-refractivity contribution in [2.75, 3.05) is 12.0 Å². The summed E-state index contributed by atoms with van der Waals surface area (Å²) in [7, 11) is 0. The van der Waals surface area contributed by atoms with Crippen molar-refractivity contribution in [1.82, 2.24) is 5.06 Å². The van der Waals surface area contributed by atoms with Gasteiger partial charge >= 0.3 is 6.09 Å². The quantitative estimate of drug-likeness (QED) is 0.601. The Kier molecular flexibility index (Phi) is 6.05. The van der Waals surface area contributed by atoms with Gasteiger partial charge in [-0.3, -0.25) is 5.21 Å². The zero-order chi connectivity index (χ0) is 12.1. The highest BCUT2D eigenvalue weighted by molar-refractivity contribution is 7.98. The van der Waals surface area contributed by atoms with Crippen molar-refractivity contribution < 1.29 is 14.7 Å². The fourth-order valence-corrected chi connectivity index (χ4v) is 1.48. The highest BCUT2D eigenvalue weighted by Gasteiger charge is 2.24. The fraction of sp³-hybridized carbons (Fsp3) is 0.900. The summed E-state index contributed by atoms with van der Waals surface area (Å²) >= 11 is 1.68. The summed E-state index contributed by atoms with van der Waals surface area (Å²) in [6.07, 6.45) is 2.05. The molecule has 0 aliphatic rings. The number of hydrogen-bond acceptors (Lipinski definition) is 4. The Morgan fingerprint density at radius 3 is 2.47 bits per heavy atom. The lowest BCUT2D eigenvalue weighted by molar-refractivity contribution is -0.116. The Morgan fingerprint density at radius 1 is 1.53 bits per heavy atom. The minimum atomic E-state index is -0.684. The van der Waals surface area contributed by atoms with E-state index in [1.807, 2.05) is 6.26 Å². The molecule has 1 atom stereocenters. The molecule has 0 aromatic rings. The summed E-state index contributed by atoms with van der Waals surface area (Å²) in [5.41, 5.74) is -0.572. The Labute approximate surface area is 95.9 Å². The van der Waals surface area contributed by atoms with Crippen LogP contribution < -0.4 is 0 Å². The van der Waals surface area contributed by atoms with Gasteiger partial charge in [0.15, 0.2) is 0 Å². The molecule has 0 aromatic carbocycles. The van der Waals surface area contributed by atoms with E-state index in [-0.39, 0.29) is 6.04 Å². The molecule has 90 valence electrons. The molecular formula is C10H21NO3S. The van der Waals surface area contributed by atoms with Crippen LogP contribution in [0.5, 0.6) is 0 Å². The Balaban J connectivity index is 4.08. The molecule has 0 aliphatic heterocycles. The molecule has 1 amide bonds. The SMILES string of the molecule is CSCCC(C)N(O)C(=O)OC(C)(C)C. The molecule has 0 spiro atoms. The first-order chi connectivity index (χ1) is 6.78. The Hall–Kier alpha value is -0.420. The summed E-state index contributed by atoms with van der Waals surface area (Å²) in [6.45, 7) is 7.10. The summed E-state index contributed by atoms with van der Waals surface area (Å²) < 4.78 is 5.03. The maximum Gasteiger partial charge on any atom is 0.434 e. The second-order valence-corrected chi connectivity index (χ2v) is 5.44. The van der Waals surface area contributed by atoms with Gasteiger partial charge in [0.1, 0.15) is 5.60 Å². The number of nitrogens with zero attached hydrogens (tertiary/aromatic N) is 1. The maximum atomic E-state index is 11.4. The number of carbonyl (C=O) groups excluding carboxylic acids is 1. The molecule has 0 rings (SSSR count). The van der Waals surface area contributed by atoms with Gasteiger partial charge in [-0.05, 0) is 46.1 Å². The molecule has 4 nitrogen and oxygen atoms in total. The molecule has 0 aromatic heterocycles. The van der Waals surface area contributed by atoms with E-state index in [4.69, 9.17) is 4.74 Å². The van der Waals surface area contributed by atoms with Crippen LogP contribution in [-0.2, 0) is 4.74 Å². The van der Waals surface area contributed by atoms with Crippen LogP contribution in [0.2, 0.25) is 0 Å². The summed E-state index contributed by atoms with van der Waals surface area (Å²) in [5, 5.41) is 10.2. The third-order valence-corrected chi connectivity index (χ3v) is 2.38. The molecule has 1 unspecified atom stereocenters. The number of thioether (sulfide) groups is 1. The number of carbonyl (C=O) groups is 1. The minimum absolute atomic E-state index is 0.215. The lowest BCUT2D eigenvalue weighted by Crippen LogP contribution is -2.40. The molecule has 15 heavy (non-hydrogen) atoms. The maximum absolute atomic E-state index is 11.4. The van der Waals surface area contributed by atoms with E-state index in [0.29, 0.717) is 5.06 Å². The molecule has 0 fully saturated rings. The molecular weight excluding hydrogens is 214 g/mol. The van der Waals surface area contributed by atoms with Gasteiger partial charge in [-0.2, -0.15) is 16.8 Å². The zero-order valence-electron chi connectivity index (χ0n) is 10.1. The third kappa shape index (κ3) is 6.62. The van der Waals surface area contributed by atoms with E-state index in [2.05, 4.69) is 0 Å². The number of hydrogen-bond donors (Lipinski definition) is 1. The van der Waals surface area contributed by atoms with Crippen LogP contribution in [0.15, 0.2) is 0 Å². The number of rotatable bonds is 4. The molecule has 0 saturated carbocycles. The fourth-order valence-electron chi connectivity index (χ4n) is 0.899. The predicted molar refractivity (Wildman–Crippen MR) is 62.3 cm³/mol. The van der Waals surface area contributed by atoms with Crippen LogP contribution in [0, 0.1) is 0 Å². The van der Waals surface area contributed by atoms with Crippen LogP contribution in [0.3, 0.4) is 0 Å². The second-order valence-electron chi connectivity index (χ2n) is 4.46. The molecule has 0 saturated heterocycles. The summed E-state index contributed by atoms with van der Waals surface area (Å²) in [4.78, 5) is 11.4. The first-order valence-corrected chi connectivity index (χ1v) is 6.37. The van der Waals surface area contributed by atoms with Crippen molar-refractivity contribution in [3.8, 4) is 0 Å². The molecule has 5 heteroatoms. The van der Waals surface area contributed by atoms with Gasteiger partial charge in [0.25, 0.3) is 0 Å². The highest BCUT2D eigenvalue weighted by Crippen LogP contribution is 2.12. The normalized spacial score (nSPS) is 13.5. The van der Waals surface area contributed by atoms with Crippen molar-refractivity contribution in [3.63, 3.8) is 0 Å². The van der Waals surface area contributed by atoms with Crippen LogP contribution in [0.25, 0.3) is 0 Å². The lowest BCUT2D eigenvalue weighted by Gasteiger charge is -2.26. The average Bonchev–Trinajstić information content (AvgIpc) is 2.10. The van der Waals surface area contributed by atoms with Gasteiger partial charge < -0.3 is 4.74 Å². The van der Waals surface area contributed by atoms with Crippen LogP contribution in [0.4, 0.5) is 4.79 Å². The van der Waals surface area contributed by atoms with Gasteiger partial charge in [0.05, 0.1) is 6.04 Å². The van der Waals surface area contributed by atoms with Crippen molar-refractivity contribution in [2.24, 2.45) is 0 Å². The summed E-state index contributed by atoms with van der Waals surface area (Å²) in [6, 6.07) is -0.215. The van der Waals surface area contributed by atoms with Gasteiger partial charge in [0, 0.05) is 0 Å². The number of amides is 1. The van der Waals surface area contributed by atoms with Crippen molar-refractivity contribution in [1.29, 1.82) is 0 Å². The lowest BCUT2D eigenvalue weighted by atomic mass is 10.2. The van der Waals surface area contributed by atoms with Gasteiger partial charge in [0.2, 0.25) is 0 Å². The monoisotopic (exact) mass is 235 g/mol. The van der Waals surface area contributed by atoms with E-state index in [0.717, 1.165) is 12.2 Å². The molecule has 0 heterocycles. The standard InChI is InChI=1S/C10H21NO3S/c1-8(6-7-15-5)11(13)9(12)14-10(2,3)4/h8,13H,6-7H2,1-5H3. The smallest absolute Gasteiger partial charge is 0.434 e. The first-order valence-electron chi connectivity index (χ1n) is 4.98. The Bertz CT molecular complexity index is 203. The zero-order valence-corrected chi connectivity index (χ0v) is 10.9. The van der Waals surface area contributed by atoms with E-state index in [1.165, 1.54) is 0 Å². The van der Waals surface area contributed by atoms with E-state index >= 15 is 0 Å². The number of hydroxylamine groups is 2. The molecule has 0 radical (unpaired) electrons. The van der Waals surface area contributed by atoms with Crippen LogP contribution >= 0.6 is 11.8 Å². The van der Waals surface area contributed by atoms with Crippen molar-refractivity contribution in [3.05, 3.63) is 0 Å². The van der Waals surface area contributed by atoms with Crippen LogP contribution in [-0.4, -0.2) is 40.0 Å². The van der Waals surface area contributed by atoms with Gasteiger partial charge in [-0.15, -0.1) is 0 Å². The van der Waals surface area contributed by atoms with E-state index in [9.17, 15) is 10.0 Å². The highest BCUT2D eigenvalue weighted by atomic mass is 32.2. The first kappa shape index (κ1) is 14.6. The molecule has 1 N–H and O–H groups in total. The topological polar surface area (TPSA) is 49.8 Å². The largest absolute Gasteiger partial charge is 0.442 e. The Morgan fingerprint density at radius 2 is 2.07 bits per heavy atom. The minimum Gasteiger partial charge on any atom is -0.442 e. The predicted octanol–water partition coefficient (Wildman–Crippen LogP) is 2.75. The molecule has 0 aliphatic carbocycles. The summed E-state index contributed by atoms with van der Waals surface area (Å²) in [5.74, 6) is 0.904. The molecule has 0 bridgehead atoms. The number of ether oxygens (including phenoxy) is 1. The van der Waals surface area contributed by atoms with Crippen LogP contribution in [0.1, 0.15) is 34.1 Å². The van der Waals surface area contributed by atoms with E-state index < -0.39 is 11.7 Å². The van der Waals surface area contributed by atoms with E-state index in [1.54, 1.807) is 39.5 Å². The van der Waals surface area contributed by atoms with Gasteiger partial charge in [-0.1, -0.05) is 0 Å². The van der Waals surface area contributed by atoms with Crippen molar-refractivity contribution in [2.45, 2.75) is 45.8 Å².